The van der Waals surface area contributed by atoms with Crippen molar-refractivity contribution in [3.05, 3.63) is 77.1 Å². The van der Waals surface area contributed by atoms with Crippen LogP contribution < -0.4 is 36.5 Å². The van der Waals surface area contributed by atoms with Crippen molar-refractivity contribution in [2.45, 2.75) is 102 Å². The molecule has 3 heterocycles. The van der Waals surface area contributed by atoms with Gasteiger partial charge in [0.1, 0.15) is 17.7 Å². The number of rotatable bonds is 16. The number of nitrogens with zero attached hydrogens (tertiary/aromatic N) is 3. The molecule has 6 N–H and O–H groups in total. The van der Waals surface area contributed by atoms with Crippen LogP contribution in [0.25, 0.3) is 10.9 Å². The molecular weight excluding hydrogens is 790 g/mol. The van der Waals surface area contributed by atoms with Gasteiger partial charge in [0.2, 0.25) is 17.7 Å². The van der Waals surface area contributed by atoms with Crippen molar-refractivity contribution in [1.29, 1.82) is 0 Å². The first-order valence-electron chi connectivity index (χ1n) is 21.0. The van der Waals surface area contributed by atoms with Crippen LogP contribution in [0.15, 0.2) is 54.6 Å². The number of aryl methyl sites for hydroxylation is 1. The van der Waals surface area contributed by atoms with Gasteiger partial charge < -0.3 is 36.1 Å². The molecule has 16 heteroatoms. The number of alkyl halides is 3. The smallest absolute Gasteiger partial charge is 0.416 e. The Labute approximate surface area is 353 Å². The lowest BCUT2D eigenvalue weighted by Crippen LogP contribution is -2.47. The van der Waals surface area contributed by atoms with E-state index in [0.717, 1.165) is 69.4 Å². The number of fused-ring (bicyclic) bond motifs is 1. The van der Waals surface area contributed by atoms with E-state index >= 15 is 0 Å². The van der Waals surface area contributed by atoms with Crippen molar-refractivity contribution in [3.8, 4) is 11.5 Å². The third-order valence-corrected chi connectivity index (χ3v) is 12.4. The quantitative estimate of drug-likeness (QED) is 0.0568. The van der Waals surface area contributed by atoms with Crippen LogP contribution in [-0.4, -0.2) is 78.5 Å². The Morgan fingerprint density at radius 3 is 2.43 bits per heavy atom. The second-order valence-corrected chi connectivity index (χ2v) is 16.8. The van der Waals surface area contributed by atoms with E-state index in [2.05, 4.69) is 48.3 Å². The van der Waals surface area contributed by atoms with Crippen LogP contribution in [-0.2, 0) is 20.6 Å². The van der Waals surface area contributed by atoms with Crippen molar-refractivity contribution in [3.63, 3.8) is 0 Å². The van der Waals surface area contributed by atoms with Gasteiger partial charge in [-0.2, -0.15) is 13.2 Å². The SMILES string of the molecule is CNC(=O)CCC(CC1(COc2cc3c(N[C@H](C)c4cc(N)cc(C(F)(F)F)c4)nc(C)nc3cc2OC)CC1)N1CCC(c2ccc(NC3CCC(=O)NC3=O)cc2)CC1. The highest BCUT2D eigenvalue weighted by Gasteiger charge is 2.46. The van der Waals surface area contributed by atoms with Crippen LogP contribution in [0.4, 0.5) is 30.4 Å². The molecule has 2 unspecified atom stereocenters. The zero-order valence-corrected chi connectivity index (χ0v) is 35.1. The molecule has 2 saturated heterocycles. The monoisotopic (exact) mass is 844 g/mol. The lowest BCUT2D eigenvalue weighted by Gasteiger charge is -2.39. The summed E-state index contributed by atoms with van der Waals surface area (Å²) in [7, 11) is 3.23. The van der Waals surface area contributed by atoms with Crippen LogP contribution in [0, 0.1) is 12.3 Å². The van der Waals surface area contributed by atoms with Gasteiger partial charge in [-0.3, -0.25) is 19.7 Å². The van der Waals surface area contributed by atoms with Crippen molar-refractivity contribution < 1.29 is 37.0 Å². The average Bonchev–Trinajstić information content (AvgIpc) is 4.01. The van der Waals surface area contributed by atoms with E-state index in [9.17, 15) is 27.6 Å². The predicted octanol–water partition coefficient (Wildman–Crippen LogP) is 7.26. The molecule has 0 radical (unpaired) electrons. The molecule has 2 aliphatic heterocycles. The summed E-state index contributed by atoms with van der Waals surface area (Å²) in [5.74, 6) is 1.80. The Hall–Kier alpha value is -5.64. The van der Waals surface area contributed by atoms with Crippen molar-refractivity contribution >= 4 is 45.8 Å². The number of imide groups is 1. The zero-order chi connectivity index (χ0) is 43.5. The summed E-state index contributed by atoms with van der Waals surface area (Å²) in [6.07, 6.45) is 2.22. The van der Waals surface area contributed by atoms with Gasteiger partial charge >= 0.3 is 6.18 Å². The fourth-order valence-electron chi connectivity index (χ4n) is 8.65. The number of carbonyl (C=O) groups excluding carboxylic acids is 3. The number of amides is 3. The number of nitrogen functional groups attached to an aromatic ring is 1. The highest BCUT2D eigenvalue weighted by atomic mass is 19.4. The molecular formula is C45H55F3N8O5. The number of aromatic nitrogens is 2. The van der Waals surface area contributed by atoms with E-state index in [-0.39, 0.29) is 34.9 Å². The van der Waals surface area contributed by atoms with Gasteiger partial charge in [0.15, 0.2) is 11.5 Å². The molecule has 13 nitrogen and oxygen atoms in total. The van der Waals surface area contributed by atoms with Crippen LogP contribution in [0.5, 0.6) is 11.5 Å². The van der Waals surface area contributed by atoms with E-state index < -0.39 is 23.8 Å². The van der Waals surface area contributed by atoms with E-state index in [1.54, 1.807) is 34.1 Å². The molecule has 0 spiro atoms. The summed E-state index contributed by atoms with van der Waals surface area (Å²) in [6.45, 7) is 5.74. The molecule has 1 saturated carbocycles. The standard InChI is InChI=1S/C45H55F3N8O5/c1-26(30-19-31(45(46,47)48)21-32(49)20-30)51-42-35-22-39(38(60-4)23-37(35)52-27(2)53-42)61-25-44(15-16-44)24-34(9-11-40(57)50-3)56-17-13-29(14-18-56)28-5-7-33(8-6-28)54-36-10-12-41(58)55-43(36)59/h5-8,19-23,26,29,34,36,54H,9-18,24-25,49H2,1-4H3,(H,50,57)(H,51,52,53)(H,55,58,59)/t26-,34?,36?/m1/s1. The van der Waals surface area contributed by atoms with Crippen LogP contribution in [0.3, 0.4) is 0 Å². The maximum atomic E-state index is 13.6. The van der Waals surface area contributed by atoms with Gasteiger partial charge in [0.25, 0.3) is 0 Å². The lowest BCUT2D eigenvalue weighted by atomic mass is 9.86. The predicted molar refractivity (Wildman–Crippen MR) is 227 cm³/mol. The van der Waals surface area contributed by atoms with Crippen LogP contribution in [0.1, 0.15) is 99.2 Å². The molecule has 3 amide bonds. The molecule has 326 valence electrons. The minimum atomic E-state index is -4.54. The largest absolute Gasteiger partial charge is 0.493 e. The maximum absolute atomic E-state index is 13.6. The van der Waals surface area contributed by atoms with E-state index in [4.69, 9.17) is 15.2 Å². The normalized spacial score (nSPS) is 19.2. The first-order valence-corrected chi connectivity index (χ1v) is 21.0. The molecule has 3 aromatic carbocycles. The van der Waals surface area contributed by atoms with Gasteiger partial charge in [0, 0.05) is 54.2 Å². The van der Waals surface area contributed by atoms with Crippen molar-refractivity contribution in [1.82, 2.24) is 25.5 Å². The molecule has 3 aliphatic rings. The topological polar surface area (TPSA) is 173 Å². The van der Waals surface area contributed by atoms with E-state index in [1.807, 2.05) is 18.2 Å². The lowest BCUT2D eigenvalue weighted by molar-refractivity contribution is -0.137. The number of nitrogens with one attached hydrogen (secondary N) is 4. The zero-order valence-electron chi connectivity index (χ0n) is 35.1. The second kappa shape index (κ2) is 18.1. The Balaban J connectivity index is 1.02. The number of hydrogen-bond donors (Lipinski definition) is 5. The second-order valence-electron chi connectivity index (χ2n) is 16.8. The Kier molecular flexibility index (Phi) is 12.9. The van der Waals surface area contributed by atoms with Crippen LogP contribution >= 0.6 is 0 Å². The van der Waals surface area contributed by atoms with Gasteiger partial charge in [-0.15, -0.1) is 0 Å². The summed E-state index contributed by atoms with van der Waals surface area (Å²) in [5, 5.41) is 12.3. The maximum Gasteiger partial charge on any atom is 0.416 e. The average molecular weight is 845 g/mol. The molecule has 1 aromatic heterocycles. The number of benzene rings is 3. The van der Waals surface area contributed by atoms with Gasteiger partial charge in [-0.1, -0.05) is 12.1 Å². The Morgan fingerprint density at radius 1 is 1.03 bits per heavy atom. The Morgan fingerprint density at radius 2 is 1.77 bits per heavy atom. The highest BCUT2D eigenvalue weighted by molar-refractivity contribution is 6.01. The number of likely N-dealkylation sites (tertiary alicyclic amines) is 1. The van der Waals surface area contributed by atoms with Gasteiger partial charge in [-0.25, -0.2) is 9.97 Å². The van der Waals surface area contributed by atoms with Gasteiger partial charge in [-0.05, 0) is 125 Å². The number of carbonyl (C=O) groups is 3. The minimum absolute atomic E-state index is 0.0144. The molecule has 1 aliphatic carbocycles. The van der Waals surface area contributed by atoms with Crippen molar-refractivity contribution in [2.24, 2.45) is 5.41 Å². The molecule has 3 atom stereocenters. The van der Waals surface area contributed by atoms with Crippen molar-refractivity contribution in [2.75, 3.05) is 50.2 Å². The minimum Gasteiger partial charge on any atom is -0.493 e. The molecule has 0 bridgehead atoms. The Bertz CT molecular complexity index is 2240. The number of hydrogen-bond acceptors (Lipinski definition) is 11. The molecule has 7 rings (SSSR count). The number of nitrogens with two attached hydrogens (primary N) is 1. The summed E-state index contributed by atoms with van der Waals surface area (Å²) >= 11 is 0. The summed E-state index contributed by atoms with van der Waals surface area (Å²) in [4.78, 5) is 48.0. The molecule has 4 aromatic rings. The number of piperidine rings is 2. The molecule has 3 fully saturated rings. The summed E-state index contributed by atoms with van der Waals surface area (Å²) in [5.41, 5.74) is 8.04. The number of ether oxygens (including phenoxy) is 2. The van der Waals surface area contributed by atoms with E-state index in [0.29, 0.717) is 71.4 Å². The van der Waals surface area contributed by atoms with Gasteiger partial charge in [0.05, 0.1) is 30.8 Å². The first-order chi connectivity index (χ1) is 29.1. The van der Waals surface area contributed by atoms with E-state index in [1.165, 1.54) is 11.6 Å². The fraction of sp³-hybridized carbons (Fsp3) is 0.489. The molecule has 61 heavy (non-hydrogen) atoms. The third-order valence-electron chi connectivity index (χ3n) is 12.4. The summed E-state index contributed by atoms with van der Waals surface area (Å²) < 4.78 is 53.2. The number of methoxy groups -OCH3 is 1. The number of anilines is 3. The number of halogens is 3. The van der Waals surface area contributed by atoms with Crippen LogP contribution in [0.2, 0.25) is 0 Å². The third kappa shape index (κ3) is 10.6. The fourth-order valence-corrected chi connectivity index (χ4v) is 8.65. The summed E-state index contributed by atoms with van der Waals surface area (Å²) in [6, 6.07) is 14.6. The first kappa shape index (κ1) is 43.4. The highest BCUT2D eigenvalue weighted by Crippen LogP contribution is 2.52.